The molecule has 5 heteroatoms. The number of anilines is 2. The lowest BCUT2D eigenvalue weighted by Gasteiger charge is -2.27. The molecule has 1 saturated heterocycles. The first-order valence-electron chi connectivity index (χ1n) is 9.36. The molecule has 2 heterocycles. The number of nitrogens with zero attached hydrogens (tertiary/aromatic N) is 2. The Morgan fingerprint density at radius 1 is 1.04 bits per heavy atom. The van der Waals surface area contributed by atoms with Crippen molar-refractivity contribution in [3.8, 4) is 0 Å². The highest BCUT2D eigenvalue weighted by atomic mass is 16.1. The Balaban J connectivity index is 1.50. The van der Waals surface area contributed by atoms with Crippen molar-refractivity contribution in [2.75, 3.05) is 29.9 Å². The summed E-state index contributed by atoms with van der Waals surface area (Å²) in [6.07, 6.45) is 4.52. The highest BCUT2D eigenvalue weighted by molar-refractivity contribution is 5.82. The molecule has 0 aliphatic carbocycles. The number of fused-ring (bicyclic) bond motifs is 1. The third-order valence-electron chi connectivity index (χ3n) is 4.93. The maximum atomic E-state index is 12.5. The van der Waals surface area contributed by atoms with E-state index in [0.717, 1.165) is 50.1 Å². The maximum absolute atomic E-state index is 12.5. The molecule has 0 radical (unpaired) electrons. The number of H-pyrrole nitrogens is 1. The van der Waals surface area contributed by atoms with Crippen molar-refractivity contribution in [2.24, 2.45) is 0 Å². The SMILES string of the molecule is O=c1[nH]c(N2CCCCC2)nc2ccc(NCCc3ccccc3)cc12. The average molecular weight is 348 g/mol. The second-order valence-corrected chi connectivity index (χ2v) is 6.83. The molecule has 0 bridgehead atoms. The van der Waals surface area contributed by atoms with Crippen molar-refractivity contribution in [2.45, 2.75) is 25.7 Å². The Morgan fingerprint density at radius 3 is 2.65 bits per heavy atom. The van der Waals surface area contributed by atoms with Gasteiger partial charge >= 0.3 is 0 Å². The number of benzene rings is 2. The van der Waals surface area contributed by atoms with Crippen LogP contribution in [0.1, 0.15) is 24.8 Å². The summed E-state index contributed by atoms with van der Waals surface area (Å²) in [5, 5.41) is 4.03. The van der Waals surface area contributed by atoms with Crippen LogP contribution in [0.25, 0.3) is 10.9 Å². The molecule has 134 valence electrons. The lowest BCUT2D eigenvalue weighted by molar-refractivity contribution is 0.568. The molecule has 1 fully saturated rings. The van der Waals surface area contributed by atoms with E-state index in [1.165, 1.54) is 12.0 Å². The molecule has 4 rings (SSSR count). The zero-order chi connectivity index (χ0) is 17.8. The van der Waals surface area contributed by atoms with Gasteiger partial charge in [0.05, 0.1) is 10.9 Å². The standard InChI is InChI=1S/C21H24N4O/c26-20-18-15-17(22-12-11-16-7-3-1-4-8-16)9-10-19(18)23-21(24-20)25-13-5-2-6-14-25/h1,3-4,7-10,15,22H,2,5-6,11-14H2,(H,23,24,26). The van der Waals surface area contributed by atoms with Crippen LogP contribution >= 0.6 is 0 Å². The van der Waals surface area contributed by atoms with Gasteiger partial charge in [-0.2, -0.15) is 0 Å². The Morgan fingerprint density at radius 2 is 1.85 bits per heavy atom. The van der Waals surface area contributed by atoms with Gasteiger partial charge in [0.25, 0.3) is 5.56 Å². The molecule has 0 spiro atoms. The van der Waals surface area contributed by atoms with E-state index in [1.807, 2.05) is 24.3 Å². The molecule has 0 atom stereocenters. The van der Waals surface area contributed by atoms with Gasteiger partial charge in [0.2, 0.25) is 5.95 Å². The lowest BCUT2D eigenvalue weighted by Crippen LogP contribution is -2.32. The minimum Gasteiger partial charge on any atom is -0.385 e. The number of hydrogen-bond acceptors (Lipinski definition) is 4. The van der Waals surface area contributed by atoms with Gasteiger partial charge in [-0.1, -0.05) is 30.3 Å². The van der Waals surface area contributed by atoms with Gasteiger partial charge in [-0.15, -0.1) is 0 Å². The van der Waals surface area contributed by atoms with Crippen LogP contribution in [0, 0.1) is 0 Å². The summed E-state index contributed by atoms with van der Waals surface area (Å²) in [4.78, 5) is 22.3. The number of aromatic amines is 1. The molecular formula is C21H24N4O. The summed E-state index contributed by atoms with van der Waals surface area (Å²) < 4.78 is 0. The minimum atomic E-state index is -0.0673. The first-order valence-corrected chi connectivity index (χ1v) is 9.36. The van der Waals surface area contributed by atoms with Gasteiger partial charge in [0.15, 0.2) is 0 Å². The van der Waals surface area contributed by atoms with Crippen molar-refractivity contribution in [3.05, 3.63) is 64.4 Å². The van der Waals surface area contributed by atoms with Crippen LogP contribution in [0.4, 0.5) is 11.6 Å². The van der Waals surface area contributed by atoms with Crippen molar-refractivity contribution in [3.63, 3.8) is 0 Å². The fraction of sp³-hybridized carbons (Fsp3) is 0.333. The number of nitrogens with one attached hydrogen (secondary N) is 2. The fourth-order valence-electron chi connectivity index (χ4n) is 3.49. The summed E-state index contributed by atoms with van der Waals surface area (Å²) in [5.41, 5.74) is 2.93. The smallest absolute Gasteiger partial charge is 0.260 e. The van der Waals surface area contributed by atoms with Crippen LogP contribution < -0.4 is 15.8 Å². The van der Waals surface area contributed by atoms with Crippen LogP contribution in [-0.2, 0) is 6.42 Å². The number of hydrogen-bond donors (Lipinski definition) is 2. The molecule has 0 amide bonds. The van der Waals surface area contributed by atoms with Crippen LogP contribution in [0.2, 0.25) is 0 Å². The van der Waals surface area contributed by atoms with E-state index in [4.69, 9.17) is 0 Å². The first kappa shape index (κ1) is 16.6. The summed E-state index contributed by atoms with van der Waals surface area (Å²) >= 11 is 0. The van der Waals surface area contributed by atoms with Crippen molar-refractivity contribution in [1.29, 1.82) is 0 Å². The van der Waals surface area contributed by atoms with E-state index in [1.54, 1.807) is 0 Å². The van der Waals surface area contributed by atoms with Crippen molar-refractivity contribution < 1.29 is 0 Å². The predicted molar refractivity (Wildman–Crippen MR) is 107 cm³/mol. The summed E-state index contributed by atoms with van der Waals surface area (Å²) in [7, 11) is 0. The minimum absolute atomic E-state index is 0.0673. The van der Waals surface area contributed by atoms with Gasteiger partial charge in [-0.3, -0.25) is 9.78 Å². The number of piperidine rings is 1. The van der Waals surface area contributed by atoms with E-state index in [-0.39, 0.29) is 5.56 Å². The molecule has 1 aliphatic rings. The van der Waals surface area contributed by atoms with Crippen LogP contribution in [-0.4, -0.2) is 29.6 Å². The lowest BCUT2D eigenvalue weighted by atomic mass is 10.1. The third-order valence-corrected chi connectivity index (χ3v) is 4.93. The zero-order valence-corrected chi connectivity index (χ0v) is 14.9. The van der Waals surface area contributed by atoms with Crippen LogP contribution in [0.3, 0.4) is 0 Å². The summed E-state index contributed by atoms with van der Waals surface area (Å²) in [6, 6.07) is 16.2. The maximum Gasteiger partial charge on any atom is 0.260 e. The van der Waals surface area contributed by atoms with E-state index in [0.29, 0.717) is 11.3 Å². The van der Waals surface area contributed by atoms with E-state index < -0.39 is 0 Å². The topological polar surface area (TPSA) is 61.0 Å². The molecular weight excluding hydrogens is 324 g/mol. The van der Waals surface area contributed by atoms with Gasteiger partial charge < -0.3 is 10.2 Å². The average Bonchev–Trinajstić information content (AvgIpc) is 2.70. The van der Waals surface area contributed by atoms with Crippen molar-refractivity contribution >= 4 is 22.5 Å². The fourth-order valence-corrected chi connectivity index (χ4v) is 3.49. The molecule has 5 nitrogen and oxygen atoms in total. The van der Waals surface area contributed by atoms with E-state index in [9.17, 15) is 4.79 Å². The Kier molecular flexibility index (Phi) is 4.86. The Labute approximate surface area is 153 Å². The predicted octanol–water partition coefficient (Wildman–Crippen LogP) is 3.57. The molecule has 3 aromatic rings. The highest BCUT2D eigenvalue weighted by Crippen LogP contribution is 2.19. The van der Waals surface area contributed by atoms with E-state index >= 15 is 0 Å². The first-order chi connectivity index (χ1) is 12.8. The normalized spacial score (nSPS) is 14.5. The van der Waals surface area contributed by atoms with Crippen LogP contribution in [0.5, 0.6) is 0 Å². The van der Waals surface area contributed by atoms with Crippen molar-refractivity contribution in [1.82, 2.24) is 9.97 Å². The monoisotopic (exact) mass is 348 g/mol. The molecule has 1 aromatic heterocycles. The molecule has 2 aromatic carbocycles. The second-order valence-electron chi connectivity index (χ2n) is 6.83. The second kappa shape index (κ2) is 7.60. The van der Waals surface area contributed by atoms with Crippen LogP contribution in [0.15, 0.2) is 53.3 Å². The summed E-state index contributed by atoms with van der Waals surface area (Å²) in [5.74, 6) is 0.701. The van der Waals surface area contributed by atoms with Gasteiger partial charge in [0.1, 0.15) is 0 Å². The number of rotatable bonds is 5. The Bertz CT molecular complexity index is 930. The molecule has 0 saturated carbocycles. The van der Waals surface area contributed by atoms with E-state index in [2.05, 4.69) is 44.5 Å². The van der Waals surface area contributed by atoms with Gasteiger partial charge in [-0.25, -0.2) is 4.98 Å². The Hall–Kier alpha value is -2.82. The molecule has 26 heavy (non-hydrogen) atoms. The molecule has 1 aliphatic heterocycles. The zero-order valence-electron chi connectivity index (χ0n) is 14.9. The third kappa shape index (κ3) is 3.72. The number of aromatic nitrogens is 2. The largest absolute Gasteiger partial charge is 0.385 e. The highest BCUT2D eigenvalue weighted by Gasteiger charge is 2.14. The summed E-state index contributed by atoms with van der Waals surface area (Å²) in [6.45, 7) is 2.76. The molecule has 0 unspecified atom stereocenters. The quantitative estimate of drug-likeness (QED) is 0.740. The molecule has 2 N–H and O–H groups in total. The van der Waals surface area contributed by atoms with Gasteiger partial charge in [-0.05, 0) is 49.4 Å². The van der Waals surface area contributed by atoms with Gasteiger partial charge in [0, 0.05) is 25.3 Å².